The molecule has 1 saturated heterocycles. The van der Waals surface area contributed by atoms with Crippen molar-refractivity contribution >= 4 is 23.1 Å². The van der Waals surface area contributed by atoms with Crippen LogP contribution in [0.15, 0.2) is 30.5 Å². The highest BCUT2D eigenvalue weighted by atomic mass is 32.1. The molecule has 7 heteroatoms. The Hall–Kier alpha value is -2.12. The van der Waals surface area contributed by atoms with E-state index in [1.165, 1.54) is 0 Å². The molecule has 1 aromatic heterocycles. The Kier molecular flexibility index (Phi) is 5.88. The van der Waals surface area contributed by atoms with Crippen LogP contribution in [0.5, 0.6) is 5.75 Å². The van der Waals surface area contributed by atoms with E-state index in [1.54, 1.807) is 23.3 Å². The predicted molar refractivity (Wildman–Crippen MR) is 98.2 cm³/mol. The third-order valence-corrected chi connectivity index (χ3v) is 4.87. The summed E-state index contributed by atoms with van der Waals surface area (Å²) in [4.78, 5) is 19.2. The number of anilines is 1. The van der Waals surface area contributed by atoms with Crippen LogP contribution in [0, 0.1) is 6.92 Å². The van der Waals surface area contributed by atoms with Crippen LogP contribution in [0.2, 0.25) is 0 Å². The van der Waals surface area contributed by atoms with E-state index in [0.717, 1.165) is 40.8 Å². The van der Waals surface area contributed by atoms with E-state index in [9.17, 15) is 4.79 Å². The van der Waals surface area contributed by atoms with Gasteiger partial charge in [-0.1, -0.05) is 0 Å². The molecule has 0 aliphatic carbocycles. The maximum atomic E-state index is 12.3. The van der Waals surface area contributed by atoms with Gasteiger partial charge in [0.25, 0.3) is 0 Å². The largest absolute Gasteiger partial charge is 0.491 e. The van der Waals surface area contributed by atoms with Crippen molar-refractivity contribution in [2.75, 3.05) is 25.6 Å². The molecule has 2 aromatic rings. The van der Waals surface area contributed by atoms with Crippen LogP contribution in [-0.2, 0) is 11.3 Å². The number of nitrogens with zero attached hydrogens (tertiary/aromatic N) is 2. The monoisotopic (exact) mass is 361 g/mol. The Morgan fingerprint density at radius 1 is 1.44 bits per heavy atom. The first-order valence-electron chi connectivity index (χ1n) is 8.38. The van der Waals surface area contributed by atoms with Gasteiger partial charge in [-0.3, -0.25) is 0 Å². The topological polar surface area (TPSA) is 63.7 Å². The van der Waals surface area contributed by atoms with Crippen LogP contribution < -0.4 is 10.1 Å². The summed E-state index contributed by atoms with van der Waals surface area (Å²) in [6.07, 6.45) is 4.17. The van der Waals surface area contributed by atoms with Gasteiger partial charge in [-0.05, 0) is 44.0 Å². The summed E-state index contributed by atoms with van der Waals surface area (Å²) < 4.78 is 11.3. The molecule has 0 saturated carbocycles. The van der Waals surface area contributed by atoms with Gasteiger partial charge < -0.3 is 19.7 Å². The number of aryl methyl sites for hydroxylation is 1. The molecule has 1 N–H and O–H groups in total. The molecule has 3 rings (SSSR count). The lowest BCUT2D eigenvalue weighted by Gasteiger charge is -2.17. The molecule has 25 heavy (non-hydrogen) atoms. The van der Waals surface area contributed by atoms with Crippen LogP contribution in [0.1, 0.15) is 22.7 Å². The summed E-state index contributed by atoms with van der Waals surface area (Å²) in [5, 5.41) is 3.89. The minimum Gasteiger partial charge on any atom is -0.491 e. The van der Waals surface area contributed by atoms with Crippen LogP contribution in [-0.4, -0.2) is 42.3 Å². The standard InChI is InChI=1S/C18H23N3O3S/c1-13-19-10-17(25-13)11-21(2)18(22)20-14-5-7-15(8-6-14)24-12-16-4-3-9-23-16/h5-8,10,16H,3-4,9,11-12H2,1-2H3,(H,20,22)/t16-/m1/s1. The molecule has 0 spiro atoms. The lowest BCUT2D eigenvalue weighted by Crippen LogP contribution is -2.30. The average molecular weight is 361 g/mol. The van der Waals surface area contributed by atoms with Gasteiger partial charge in [0.05, 0.1) is 17.7 Å². The van der Waals surface area contributed by atoms with E-state index in [-0.39, 0.29) is 12.1 Å². The molecule has 1 aliphatic heterocycles. The number of thiazole rings is 1. The third kappa shape index (κ3) is 5.17. The number of carbonyl (C=O) groups excluding carboxylic acids is 1. The first-order valence-corrected chi connectivity index (χ1v) is 9.19. The molecule has 1 aromatic carbocycles. The first-order chi connectivity index (χ1) is 12.1. The predicted octanol–water partition coefficient (Wildman–Crippen LogP) is 3.67. The first kappa shape index (κ1) is 17.7. The Balaban J connectivity index is 1.47. The van der Waals surface area contributed by atoms with E-state index < -0.39 is 0 Å². The normalized spacial score (nSPS) is 16.6. The van der Waals surface area contributed by atoms with Crippen molar-refractivity contribution in [3.8, 4) is 5.75 Å². The summed E-state index contributed by atoms with van der Waals surface area (Å²) in [6.45, 7) is 3.90. The second-order valence-corrected chi connectivity index (χ2v) is 7.42. The fourth-order valence-electron chi connectivity index (χ4n) is 2.60. The zero-order valence-electron chi connectivity index (χ0n) is 14.5. The number of nitrogens with one attached hydrogen (secondary N) is 1. The quantitative estimate of drug-likeness (QED) is 0.853. The molecule has 1 atom stereocenters. The number of amides is 2. The molecular formula is C18H23N3O3S. The van der Waals surface area contributed by atoms with Gasteiger partial charge in [0.1, 0.15) is 12.4 Å². The number of carbonyl (C=O) groups is 1. The van der Waals surface area contributed by atoms with Gasteiger partial charge in [-0.15, -0.1) is 11.3 Å². The molecule has 0 unspecified atom stereocenters. The van der Waals surface area contributed by atoms with Crippen molar-refractivity contribution < 1.29 is 14.3 Å². The molecule has 2 heterocycles. The van der Waals surface area contributed by atoms with Gasteiger partial charge in [0, 0.05) is 30.4 Å². The molecule has 0 bridgehead atoms. The van der Waals surface area contributed by atoms with E-state index >= 15 is 0 Å². The SMILES string of the molecule is Cc1ncc(CN(C)C(=O)Nc2ccc(OC[C@H]3CCCO3)cc2)s1. The number of rotatable bonds is 6. The summed E-state index contributed by atoms with van der Waals surface area (Å²) >= 11 is 1.60. The number of ether oxygens (including phenoxy) is 2. The zero-order chi connectivity index (χ0) is 17.6. The van der Waals surface area contributed by atoms with Crippen molar-refractivity contribution in [1.82, 2.24) is 9.88 Å². The van der Waals surface area contributed by atoms with E-state index in [0.29, 0.717) is 13.2 Å². The summed E-state index contributed by atoms with van der Waals surface area (Å²) in [6, 6.07) is 7.24. The van der Waals surface area contributed by atoms with Gasteiger partial charge in [0.2, 0.25) is 0 Å². The van der Waals surface area contributed by atoms with Crippen molar-refractivity contribution in [3.05, 3.63) is 40.3 Å². The maximum absolute atomic E-state index is 12.3. The Bertz CT molecular complexity index is 696. The van der Waals surface area contributed by atoms with Crippen molar-refractivity contribution in [3.63, 3.8) is 0 Å². The molecular weight excluding hydrogens is 338 g/mol. The lowest BCUT2D eigenvalue weighted by molar-refractivity contribution is 0.0679. The Morgan fingerprint density at radius 3 is 2.88 bits per heavy atom. The molecule has 0 radical (unpaired) electrons. The Labute approximate surface area is 151 Å². The zero-order valence-corrected chi connectivity index (χ0v) is 15.3. The Morgan fingerprint density at radius 2 is 2.24 bits per heavy atom. The maximum Gasteiger partial charge on any atom is 0.321 e. The molecule has 6 nitrogen and oxygen atoms in total. The van der Waals surface area contributed by atoms with Crippen molar-refractivity contribution in [1.29, 1.82) is 0 Å². The third-order valence-electron chi connectivity index (χ3n) is 3.97. The van der Waals surface area contributed by atoms with Crippen LogP contribution in [0.4, 0.5) is 10.5 Å². The highest BCUT2D eigenvalue weighted by molar-refractivity contribution is 7.11. The number of hydrogen-bond acceptors (Lipinski definition) is 5. The summed E-state index contributed by atoms with van der Waals surface area (Å²) in [5.74, 6) is 0.780. The number of benzene rings is 1. The molecule has 1 aliphatic rings. The minimum absolute atomic E-state index is 0.154. The van der Waals surface area contributed by atoms with Crippen LogP contribution in [0.3, 0.4) is 0 Å². The number of aromatic nitrogens is 1. The number of urea groups is 1. The fourth-order valence-corrected chi connectivity index (χ4v) is 3.45. The van der Waals surface area contributed by atoms with Gasteiger partial charge in [-0.25, -0.2) is 9.78 Å². The van der Waals surface area contributed by atoms with E-state index in [1.807, 2.05) is 37.4 Å². The van der Waals surface area contributed by atoms with Crippen molar-refractivity contribution in [2.24, 2.45) is 0 Å². The highest BCUT2D eigenvalue weighted by Crippen LogP contribution is 2.19. The minimum atomic E-state index is -0.154. The molecule has 1 fully saturated rings. The van der Waals surface area contributed by atoms with Gasteiger partial charge in [-0.2, -0.15) is 0 Å². The van der Waals surface area contributed by atoms with Crippen LogP contribution >= 0.6 is 11.3 Å². The average Bonchev–Trinajstić information content (AvgIpc) is 3.26. The highest BCUT2D eigenvalue weighted by Gasteiger charge is 2.16. The lowest BCUT2D eigenvalue weighted by atomic mass is 10.2. The second kappa shape index (κ2) is 8.31. The van der Waals surface area contributed by atoms with Gasteiger partial charge >= 0.3 is 6.03 Å². The summed E-state index contributed by atoms with van der Waals surface area (Å²) in [7, 11) is 1.77. The fraction of sp³-hybridized carbons (Fsp3) is 0.444. The second-order valence-electron chi connectivity index (χ2n) is 6.10. The number of hydrogen-bond donors (Lipinski definition) is 1. The van der Waals surface area contributed by atoms with Crippen molar-refractivity contribution in [2.45, 2.75) is 32.4 Å². The van der Waals surface area contributed by atoms with Crippen LogP contribution in [0.25, 0.3) is 0 Å². The van der Waals surface area contributed by atoms with Gasteiger partial charge in [0.15, 0.2) is 0 Å². The smallest absolute Gasteiger partial charge is 0.321 e. The molecule has 2 amide bonds. The van der Waals surface area contributed by atoms with E-state index in [4.69, 9.17) is 9.47 Å². The van der Waals surface area contributed by atoms with E-state index in [2.05, 4.69) is 10.3 Å². The molecule has 134 valence electrons. The summed E-state index contributed by atoms with van der Waals surface area (Å²) in [5.41, 5.74) is 0.738.